The van der Waals surface area contributed by atoms with E-state index < -0.39 is 0 Å². The molecule has 0 unspecified atom stereocenters. The van der Waals surface area contributed by atoms with E-state index in [2.05, 4.69) is 62.2 Å². The van der Waals surface area contributed by atoms with Crippen LogP contribution in [-0.2, 0) is 12.8 Å². The lowest BCUT2D eigenvalue weighted by atomic mass is 9.90. The molecule has 1 fully saturated rings. The highest BCUT2D eigenvalue weighted by atomic mass is 16.5. The van der Waals surface area contributed by atoms with Crippen LogP contribution in [0.5, 0.6) is 5.75 Å². The summed E-state index contributed by atoms with van der Waals surface area (Å²) in [4.78, 5) is 22.5. The maximum atomic E-state index is 6.36. The Hall–Kier alpha value is -4.44. The van der Waals surface area contributed by atoms with Crippen LogP contribution in [0.4, 0.5) is 11.5 Å². The summed E-state index contributed by atoms with van der Waals surface area (Å²) in [6, 6.07) is 12.5. The number of nitrogens with one attached hydrogen (secondary N) is 1. The van der Waals surface area contributed by atoms with Gasteiger partial charge in [-0.05, 0) is 67.4 Å². The number of imidazole rings is 1. The number of aromatic nitrogens is 6. The Morgan fingerprint density at radius 3 is 2.63 bits per heavy atom. The minimum absolute atomic E-state index is 0.370. The van der Waals surface area contributed by atoms with Crippen LogP contribution in [0.2, 0.25) is 0 Å². The van der Waals surface area contributed by atoms with Crippen molar-refractivity contribution in [1.82, 2.24) is 34.6 Å². The van der Waals surface area contributed by atoms with Gasteiger partial charge in [0.25, 0.3) is 5.95 Å². The minimum Gasteiger partial charge on any atom is -0.497 e. The van der Waals surface area contributed by atoms with Crippen LogP contribution in [0.3, 0.4) is 0 Å². The fraction of sp³-hybridized carbons (Fsp3) is 0.286. The number of methoxy groups -OCH3 is 1. The van der Waals surface area contributed by atoms with Gasteiger partial charge in [-0.15, -0.1) is 5.10 Å². The molecule has 0 saturated carbocycles. The molecule has 38 heavy (non-hydrogen) atoms. The molecule has 0 amide bonds. The Morgan fingerprint density at radius 1 is 0.947 bits per heavy atom. The first-order valence-corrected chi connectivity index (χ1v) is 12.9. The smallest absolute Gasteiger partial charge is 0.251 e. The van der Waals surface area contributed by atoms with Crippen LogP contribution in [0.1, 0.15) is 11.1 Å². The highest BCUT2D eigenvalue weighted by molar-refractivity contribution is 5.84. The quantitative estimate of drug-likeness (QED) is 0.381. The van der Waals surface area contributed by atoms with E-state index in [9.17, 15) is 0 Å². The van der Waals surface area contributed by atoms with Gasteiger partial charge in [0.15, 0.2) is 5.82 Å². The Labute approximate surface area is 220 Å². The van der Waals surface area contributed by atoms with Gasteiger partial charge in [-0.2, -0.15) is 0 Å². The number of anilines is 2. The number of likely N-dealkylation sites (N-methyl/N-ethyl adjacent to an activating group) is 1. The number of fused-ring (bicyclic) bond motifs is 4. The maximum Gasteiger partial charge on any atom is 0.251 e. The molecule has 5 aromatic rings. The van der Waals surface area contributed by atoms with Gasteiger partial charge in [-0.1, -0.05) is 0 Å². The van der Waals surface area contributed by atoms with Crippen LogP contribution in [-0.4, -0.2) is 75.0 Å². The van der Waals surface area contributed by atoms with Gasteiger partial charge < -0.3 is 25.3 Å². The third kappa shape index (κ3) is 3.84. The molecule has 2 aromatic carbocycles. The summed E-state index contributed by atoms with van der Waals surface area (Å²) in [5.74, 6) is 2.37. The fourth-order valence-electron chi connectivity index (χ4n) is 5.38. The zero-order chi connectivity index (χ0) is 25.8. The summed E-state index contributed by atoms with van der Waals surface area (Å²) in [7, 11) is 3.85. The first-order chi connectivity index (χ1) is 18.6. The van der Waals surface area contributed by atoms with E-state index in [1.807, 2.05) is 18.5 Å². The van der Waals surface area contributed by atoms with Gasteiger partial charge in [0.05, 0.1) is 29.4 Å². The molecule has 0 bridgehead atoms. The number of hydrogen-bond donors (Lipinski definition) is 2. The topological polar surface area (TPSA) is 114 Å². The number of H-pyrrole nitrogens is 1. The number of piperazine rings is 1. The lowest BCUT2D eigenvalue weighted by Crippen LogP contribution is -2.44. The molecular weight excluding hydrogens is 478 g/mol. The van der Waals surface area contributed by atoms with Crippen molar-refractivity contribution in [2.75, 3.05) is 51.0 Å². The molecule has 3 aromatic heterocycles. The van der Waals surface area contributed by atoms with Crippen molar-refractivity contribution in [1.29, 1.82) is 0 Å². The second-order valence-corrected chi connectivity index (χ2v) is 10.0. The second kappa shape index (κ2) is 8.84. The van der Waals surface area contributed by atoms with E-state index in [0.29, 0.717) is 23.2 Å². The standard InChI is InChI=1S/C28H29N9O/c1-35-9-11-36(12-10-35)19-5-8-23-24(14-19)32-27(31-23)22-16-37(34-26(22)29)28-30-15-18-4-3-17-13-20(38-2)6-7-21(17)25(18)33-28/h5-8,13-16H,3-4,9-12H2,1-2H3,(H2,29,34)(H,31,32). The van der Waals surface area contributed by atoms with E-state index in [1.165, 1.54) is 11.3 Å². The van der Waals surface area contributed by atoms with Crippen LogP contribution < -0.4 is 15.4 Å². The first kappa shape index (κ1) is 22.7. The summed E-state index contributed by atoms with van der Waals surface area (Å²) in [6.45, 7) is 4.14. The lowest BCUT2D eigenvalue weighted by Gasteiger charge is -2.34. The zero-order valence-corrected chi connectivity index (χ0v) is 21.5. The normalized spacial score (nSPS) is 15.5. The number of ether oxygens (including phenoxy) is 1. The van der Waals surface area contributed by atoms with Crippen LogP contribution in [0, 0.1) is 0 Å². The SMILES string of the molecule is COc1ccc2c(c1)CCc1cnc(-n3cc(-c4nc5cc(N6CCN(C)CC6)ccc5[nH]4)c(N)n3)nc1-2. The third-order valence-corrected chi connectivity index (χ3v) is 7.62. The predicted molar refractivity (Wildman–Crippen MR) is 148 cm³/mol. The molecule has 192 valence electrons. The summed E-state index contributed by atoms with van der Waals surface area (Å²) in [6.07, 6.45) is 5.55. The molecule has 1 saturated heterocycles. The number of aromatic amines is 1. The number of rotatable bonds is 4. The number of nitrogens with zero attached hydrogens (tertiary/aromatic N) is 7. The van der Waals surface area contributed by atoms with Gasteiger partial charge in [0.2, 0.25) is 0 Å². The Kier molecular flexibility index (Phi) is 5.29. The Morgan fingerprint density at radius 2 is 1.79 bits per heavy atom. The van der Waals surface area contributed by atoms with E-state index in [1.54, 1.807) is 11.8 Å². The molecule has 10 heteroatoms. The number of hydrogen-bond acceptors (Lipinski definition) is 8. The van der Waals surface area contributed by atoms with E-state index in [4.69, 9.17) is 20.4 Å². The highest BCUT2D eigenvalue weighted by Crippen LogP contribution is 2.35. The van der Waals surface area contributed by atoms with E-state index >= 15 is 0 Å². The fourth-order valence-corrected chi connectivity index (χ4v) is 5.38. The highest BCUT2D eigenvalue weighted by Gasteiger charge is 2.21. The van der Waals surface area contributed by atoms with Gasteiger partial charge in [-0.3, -0.25) is 0 Å². The second-order valence-electron chi connectivity index (χ2n) is 10.0. The predicted octanol–water partition coefficient (Wildman–Crippen LogP) is 3.31. The average Bonchev–Trinajstić information content (AvgIpc) is 3.55. The average molecular weight is 508 g/mol. The monoisotopic (exact) mass is 507 g/mol. The first-order valence-electron chi connectivity index (χ1n) is 12.9. The van der Waals surface area contributed by atoms with Crippen LogP contribution >= 0.6 is 0 Å². The van der Waals surface area contributed by atoms with Crippen molar-refractivity contribution in [2.45, 2.75) is 12.8 Å². The summed E-state index contributed by atoms with van der Waals surface area (Å²) < 4.78 is 7.04. The molecule has 10 nitrogen and oxygen atoms in total. The van der Waals surface area contributed by atoms with E-state index in [-0.39, 0.29) is 0 Å². The van der Waals surface area contributed by atoms with Gasteiger partial charge in [-0.25, -0.2) is 19.6 Å². The van der Waals surface area contributed by atoms with Gasteiger partial charge in [0.1, 0.15) is 11.6 Å². The molecule has 3 N–H and O–H groups in total. The molecule has 0 atom stereocenters. The molecule has 7 rings (SSSR count). The van der Waals surface area contributed by atoms with Crippen molar-refractivity contribution in [2.24, 2.45) is 0 Å². The Balaban J connectivity index is 1.21. The molecule has 0 radical (unpaired) electrons. The number of benzene rings is 2. The van der Waals surface area contributed by atoms with Gasteiger partial charge >= 0.3 is 0 Å². The van der Waals surface area contributed by atoms with Gasteiger partial charge in [0, 0.05) is 49.8 Å². The zero-order valence-electron chi connectivity index (χ0n) is 21.5. The van der Waals surface area contributed by atoms with Crippen LogP contribution in [0.25, 0.3) is 39.6 Å². The number of nitrogens with two attached hydrogens (primary N) is 1. The third-order valence-electron chi connectivity index (χ3n) is 7.62. The van der Waals surface area contributed by atoms with E-state index in [0.717, 1.165) is 72.6 Å². The number of nitrogen functional groups attached to an aromatic ring is 1. The van der Waals surface area contributed by atoms with Crippen molar-refractivity contribution < 1.29 is 4.74 Å². The molecule has 0 spiro atoms. The molecule has 2 aliphatic rings. The molecule has 1 aliphatic carbocycles. The summed E-state index contributed by atoms with van der Waals surface area (Å²) in [5.41, 5.74) is 14.5. The summed E-state index contributed by atoms with van der Waals surface area (Å²) >= 11 is 0. The van der Waals surface area contributed by atoms with Crippen LogP contribution in [0.15, 0.2) is 48.8 Å². The molecule has 1 aliphatic heterocycles. The van der Waals surface area contributed by atoms with Crippen molar-refractivity contribution in [3.8, 4) is 34.3 Å². The van der Waals surface area contributed by atoms with Crippen molar-refractivity contribution in [3.63, 3.8) is 0 Å². The molecule has 4 heterocycles. The maximum absolute atomic E-state index is 6.36. The Bertz CT molecular complexity index is 1660. The number of aryl methyl sites for hydroxylation is 2. The lowest BCUT2D eigenvalue weighted by molar-refractivity contribution is 0.313. The summed E-state index contributed by atoms with van der Waals surface area (Å²) in [5, 5.41) is 4.53. The van der Waals surface area contributed by atoms with Crippen molar-refractivity contribution in [3.05, 3.63) is 59.9 Å². The molecular formula is C28H29N9O. The largest absolute Gasteiger partial charge is 0.497 e. The van der Waals surface area contributed by atoms with Crippen molar-refractivity contribution >= 4 is 22.5 Å². The minimum atomic E-state index is 0.370.